The van der Waals surface area contributed by atoms with Gasteiger partial charge in [0.15, 0.2) is 0 Å². The number of aryl methyl sites for hydroxylation is 2. The van der Waals surface area contributed by atoms with Crippen LogP contribution < -0.4 is 5.32 Å². The summed E-state index contributed by atoms with van der Waals surface area (Å²) in [4.78, 5) is 11.2. The molecule has 0 atom stereocenters. The lowest BCUT2D eigenvalue weighted by Crippen LogP contribution is -2.02. The number of hydrogen-bond donors (Lipinski definition) is 2. The second-order valence-electron chi connectivity index (χ2n) is 4.15. The van der Waals surface area contributed by atoms with E-state index in [1.54, 1.807) is 6.92 Å². The standard InChI is InChI=1S/C13H14N2O2S/c1-7-5-4-6-10(8(7)2)14-12-11(13(16)17)9(3)15-18-12/h4-6,14H,1-3H3,(H,16,17). The van der Waals surface area contributed by atoms with Crippen LogP contribution in [0, 0.1) is 20.8 Å². The van der Waals surface area contributed by atoms with Crippen LogP contribution in [0.5, 0.6) is 0 Å². The Morgan fingerprint density at radius 1 is 1.33 bits per heavy atom. The van der Waals surface area contributed by atoms with E-state index in [1.807, 2.05) is 32.0 Å². The number of carbonyl (C=O) groups is 1. The number of carboxylic acids is 1. The quantitative estimate of drug-likeness (QED) is 0.888. The van der Waals surface area contributed by atoms with Crippen molar-refractivity contribution < 1.29 is 9.90 Å². The Bertz CT molecular complexity index is 605. The van der Waals surface area contributed by atoms with Gasteiger partial charge < -0.3 is 10.4 Å². The monoisotopic (exact) mass is 262 g/mol. The van der Waals surface area contributed by atoms with E-state index in [9.17, 15) is 4.79 Å². The Morgan fingerprint density at radius 3 is 2.72 bits per heavy atom. The lowest BCUT2D eigenvalue weighted by molar-refractivity contribution is 0.0697. The Labute approximate surface area is 109 Å². The highest BCUT2D eigenvalue weighted by Crippen LogP contribution is 2.30. The molecule has 0 radical (unpaired) electrons. The Kier molecular flexibility index (Phi) is 3.34. The highest BCUT2D eigenvalue weighted by Gasteiger charge is 2.18. The van der Waals surface area contributed by atoms with Gasteiger partial charge in [0.25, 0.3) is 0 Å². The van der Waals surface area contributed by atoms with Crippen LogP contribution >= 0.6 is 11.5 Å². The van der Waals surface area contributed by atoms with Gasteiger partial charge in [0.1, 0.15) is 10.6 Å². The van der Waals surface area contributed by atoms with Crippen molar-refractivity contribution in [2.24, 2.45) is 0 Å². The summed E-state index contributed by atoms with van der Waals surface area (Å²) in [7, 11) is 0. The van der Waals surface area contributed by atoms with E-state index in [2.05, 4.69) is 9.69 Å². The van der Waals surface area contributed by atoms with Crippen LogP contribution in [0.15, 0.2) is 18.2 Å². The molecule has 0 aliphatic carbocycles. The maximum absolute atomic E-state index is 11.2. The summed E-state index contributed by atoms with van der Waals surface area (Å²) in [5.74, 6) is -0.950. The topological polar surface area (TPSA) is 62.2 Å². The largest absolute Gasteiger partial charge is 0.478 e. The number of aromatic nitrogens is 1. The van der Waals surface area contributed by atoms with E-state index in [1.165, 1.54) is 11.5 Å². The van der Waals surface area contributed by atoms with Crippen molar-refractivity contribution in [3.8, 4) is 0 Å². The molecule has 1 aromatic heterocycles. The molecule has 18 heavy (non-hydrogen) atoms. The molecule has 0 aliphatic rings. The Hall–Kier alpha value is -1.88. The van der Waals surface area contributed by atoms with Crippen LogP contribution in [0.3, 0.4) is 0 Å². The second-order valence-corrected chi connectivity index (χ2v) is 4.92. The molecule has 94 valence electrons. The third-order valence-corrected chi connectivity index (χ3v) is 3.78. The minimum absolute atomic E-state index is 0.251. The molecule has 0 saturated carbocycles. The predicted octanol–water partition coefficient (Wildman–Crippen LogP) is 3.51. The fourth-order valence-corrected chi connectivity index (χ4v) is 2.52. The van der Waals surface area contributed by atoms with Gasteiger partial charge in [-0.05, 0) is 49.5 Å². The van der Waals surface area contributed by atoms with Crippen LogP contribution in [0.4, 0.5) is 10.7 Å². The van der Waals surface area contributed by atoms with E-state index in [0.717, 1.165) is 16.8 Å². The van der Waals surface area contributed by atoms with E-state index in [4.69, 9.17) is 5.11 Å². The molecule has 0 fully saturated rings. The molecule has 0 bridgehead atoms. The minimum Gasteiger partial charge on any atom is -0.478 e. The number of aromatic carboxylic acids is 1. The first kappa shape index (κ1) is 12.6. The lowest BCUT2D eigenvalue weighted by atomic mass is 10.1. The highest BCUT2D eigenvalue weighted by molar-refractivity contribution is 7.10. The van der Waals surface area contributed by atoms with Crippen molar-refractivity contribution in [1.29, 1.82) is 0 Å². The highest BCUT2D eigenvalue weighted by atomic mass is 32.1. The number of carboxylic acid groups (broad SMARTS) is 1. The van der Waals surface area contributed by atoms with Crippen LogP contribution in [-0.4, -0.2) is 15.4 Å². The van der Waals surface area contributed by atoms with Crippen LogP contribution in [0.25, 0.3) is 0 Å². The summed E-state index contributed by atoms with van der Waals surface area (Å²) < 4.78 is 4.08. The molecular formula is C13H14N2O2S. The van der Waals surface area contributed by atoms with Crippen LogP contribution in [0.2, 0.25) is 0 Å². The smallest absolute Gasteiger partial charge is 0.340 e. The first-order valence-corrected chi connectivity index (χ1v) is 6.31. The van der Waals surface area contributed by atoms with Crippen LogP contribution in [-0.2, 0) is 0 Å². The number of rotatable bonds is 3. The van der Waals surface area contributed by atoms with Gasteiger partial charge in [-0.15, -0.1) is 0 Å². The van der Waals surface area contributed by atoms with Gasteiger partial charge in [-0.25, -0.2) is 4.79 Å². The van der Waals surface area contributed by atoms with E-state index in [-0.39, 0.29) is 5.56 Å². The third-order valence-electron chi connectivity index (χ3n) is 2.93. The van der Waals surface area contributed by atoms with Crippen molar-refractivity contribution in [2.75, 3.05) is 5.32 Å². The first-order chi connectivity index (χ1) is 8.50. The molecule has 1 aromatic carbocycles. The first-order valence-electron chi connectivity index (χ1n) is 5.53. The average molecular weight is 262 g/mol. The van der Waals surface area contributed by atoms with Gasteiger partial charge in [0, 0.05) is 5.69 Å². The van der Waals surface area contributed by atoms with Gasteiger partial charge in [-0.2, -0.15) is 4.37 Å². The van der Waals surface area contributed by atoms with E-state index >= 15 is 0 Å². The fourth-order valence-electron chi connectivity index (χ4n) is 1.72. The molecule has 2 N–H and O–H groups in total. The van der Waals surface area contributed by atoms with Crippen molar-refractivity contribution in [3.05, 3.63) is 40.6 Å². The molecule has 0 spiro atoms. The number of hydrogen-bond acceptors (Lipinski definition) is 4. The Morgan fingerprint density at radius 2 is 2.06 bits per heavy atom. The average Bonchev–Trinajstić information content (AvgIpc) is 2.66. The molecule has 5 heteroatoms. The Balaban J connectivity index is 2.41. The molecule has 2 rings (SSSR count). The van der Waals surface area contributed by atoms with E-state index in [0.29, 0.717) is 10.7 Å². The summed E-state index contributed by atoms with van der Waals surface area (Å²) in [5, 5.41) is 12.9. The number of nitrogens with zero attached hydrogens (tertiary/aromatic N) is 1. The fraction of sp³-hybridized carbons (Fsp3) is 0.231. The van der Waals surface area contributed by atoms with Crippen molar-refractivity contribution in [2.45, 2.75) is 20.8 Å². The lowest BCUT2D eigenvalue weighted by Gasteiger charge is -2.10. The number of anilines is 2. The molecule has 0 unspecified atom stereocenters. The maximum atomic E-state index is 11.2. The summed E-state index contributed by atoms with van der Waals surface area (Å²) in [5.41, 5.74) is 3.99. The normalized spacial score (nSPS) is 10.4. The molecule has 4 nitrogen and oxygen atoms in total. The molecular weight excluding hydrogens is 248 g/mol. The van der Waals surface area contributed by atoms with Crippen molar-refractivity contribution in [1.82, 2.24) is 4.37 Å². The summed E-state index contributed by atoms with van der Waals surface area (Å²) in [6.45, 7) is 5.73. The van der Waals surface area contributed by atoms with Crippen molar-refractivity contribution >= 4 is 28.2 Å². The van der Waals surface area contributed by atoms with Gasteiger partial charge in [-0.1, -0.05) is 12.1 Å². The molecule has 1 heterocycles. The summed E-state index contributed by atoms with van der Waals surface area (Å²) in [6, 6.07) is 5.90. The molecule has 2 aromatic rings. The second kappa shape index (κ2) is 4.78. The zero-order valence-corrected chi connectivity index (χ0v) is 11.3. The van der Waals surface area contributed by atoms with Gasteiger partial charge in [-0.3, -0.25) is 0 Å². The van der Waals surface area contributed by atoms with Gasteiger partial charge >= 0.3 is 5.97 Å². The molecule has 0 amide bonds. The molecule has 0 saturated heterocycles. The number of nitrogens with one attached hydrogen (secondary N) is 1. The summed E-state index contributed by atoms with van der Waals surface area (Å²) >= 11 is 1.17. The predicted molar refractivity (Wildman–Crippen MR) is 73.0 cm³/mol. The SMILES string of the molecule is Cc1cccc(Nc2snc(C)c2C(=O)O)c1C. The molecule has 0 aliphatic heterocycles. The maximum Gasteiger partial charge on any atom is 0.340 e. The minimum atomic E-state index is -0.950. The van der Waals surface area contributed by atoms with Crippen LogP contribution in [0.1, 0.15) is 27.2 Å². The zero-order chi connectivity index (χ0) is 13.3. The zero-order valence-electron chi connectivity index (χ0n) is 10.4. The number of benzene rings is 1. The van der Waals surface area contributed by atoms with Gasteiger partial charge in [0.2, 0.25) is 0 Å². The van der Waals surface area contributed by atoms with Crippen molar-refractivity contribution in [3.63, 3.8) is 0 Å². The van der Waals surface area contributed by atoms with Gasteiger partial charge in [0.05, 0.1) is 5.69 Å². The van der Waals surface area contributed by atoms with E-state index < -0.39 is 5.97 Å². The summed E-state index contributed by atoms with van der Waals surface area (Å²) in [6.07, 6.45) is 0. The third kappa shape index (κ3) is 2.22.